The van der Waals surface area contributed by atoms with Crippen molar-refractivity contribution in [3.8, 4) is 0 Å². The number of nitrogens with one attached hydrogen (secondary N) is 2. The van der Waals surface area contributed by atoms with Crippen LogP contribution in [0.4, 0.5) is 0 Å². The number of aliphatic hydroxyl groups excluding tert-OH is 3. The predicted octanol–water partition coefficient (Wildman–Crippen LogP) is -7.23. The first-order valence-corrected chi connectivity index (χ1v) is 5.18. The minimum Gasteiger partial charge on any atom is -1.00 e. The van der Waals surface area contributed by atoms with Crippen LogP contribution in [0.5, 0.6) is 0 Å². The predicted molar refractivity (Wildman–Crippen MR) is 55.2 cm³/mol. The molecule has 1 aliphatic heterocycles. The van der Waals surface area contributed by atoms with Gasteiger partial charge in [0.15, 0.2) is 0 Å². The van der Waals surface area contributed by atoms with Crippen LogP contribution in [0.2, 0.25) is 0 Å². The fourth-order valence-corrected chi connectivity index (χ4v) is 2.08. The zero-order valence-electron chi connectivity index (χ0n) is 9.21. The van der Waals surface area contributed by atoms with E-state index in [1.54, 1.807) is 0 Å². The lowest BCUT2D eigenvalue weighted by Gasteiger charge is -2.10. The summed E-state index contributed by atoms with van der Waals surface area (Å²) >= 11 is 0. The van der Waals surface area contributed by atoms with Crippen LogP contribution in [0, 0.1) is 0 Å². The largest absolute Gasteiger partial charge is 1.00 e. The van der Waals surface area contributed by atoms with E-state index in [0.717, 1.165) is 0 Å². The van der Waals surface area contributed by atoms with Crippen molar-refractivity contribution in [3.63, 3.8) is 0 Å². The maximum atomic E-state index is 11.5. The highest BCUT2D eigenvalue weighted by atomic mass is 35.5. The van der Waals surface area contributed by atoms with Crippen molar-refractivity contribution in [2.75, 3.05) is 6.61 Å². The second-order valence-corrected chi connectivity index (χ2v) is 4.07. The van der Waals surface area contributed by atoms with E-state index in [-0.39, 0.29) is 24.6 Å². The van der Waals surface area contributed by atoms with Crippen LogP contribution >= 0.6 is 0 Å². The number of H-pyrrole nitrogens is 2. The van der Waals surface area contributed by atoms with Gasteiger partial charge in [0.2, 0.25) is 0 Å². The van der Waals surface area contributed by atoms with Crippen LogP contribution in [-0.4, -0.2) is 50.1 Å². The zero-order valence-corrected chi connectivity index (χ0v) is 9.96. The van der Waals surface area contributed by atoms with Gasteiger partial charge in [0, 0.05) is 6.20 Å². The molecule has 0 aromatic carbocycles. The third kappa shape index (κ3) is 2.47. The lowest BCUT2D eigenvalue weighted by molar-refractivity contribution is -0.714. The van der Waals surface area contributed by atoms with Crippen molar-refractivity contribution in [2.45, 2.75) is 24.3 Å². The smallest absolute Gasteiger partial charge is 0.325 e. The molecule has 0 radical (unpaired) electrons. The van der Waals surface area contributed by atoms with Crippen molar-refractivity contribution in [1.82, 2.24) is 9.97 Å². The van der Waals surface area contributed by atoms with Crippen LogP contribution < -0.4 is 29.0 Å². The summed E-state index contributed by atoms with van der Waals surface area (Å²) in [5, 5.41) is 29.9. The lowest BCUT2D eigenvalue weighted by atomic mass is 10.0. The van der Waals surface area contributed by atoms with Crippen LogP contribution in [0.15, 0.2) is 15.8 Å². The molecule has 1 aliphatic rings. The molecule has 7 N–H and O–H groups in total. The van der Waals surface area contributed by atoms with E-state index in [0.29, 0.717) is 0 Å². The summed E-state index contributed by atoms with van der Waals surface area (Å²) in [6.07, 6.45) is -1.08. The molecule has 0 amide bonds. The quantitative estimate of drug-likeness (QED) is 0.319. The number of rotatable bonds is 2. The molecule has 0 saturated carbocycles. The molecule has 0 bridgehead atoms. The zero-order chi connectivity index (χ0) is 12.6. The first kappa shape index (κ1) is 14.9. The second kappa shape index (κ2) is 5.63. The van der Waals surface area contributed by atoms with Crippen molar-refractivity contribution in [1.29, 1.82) is 0 Å². The van der Waals surface area contributed by atoms with Gasteiger partial charge in [0.05, 0.1) is 12.2 Å². The summed E-state index contributed by atoms with van der Waals surface area (Å²) in [6.45, 7) is -0.310. The minimum atomic E-state index is -1.17. The highest BCUT2D eigenvalue weighted by molar-refractivity contribution is 5.11. The Morgan fingerprint density at radius 2 is 1.94 bits per heavy atom. The molecule has 18 heavy (non-hydrogen) atoms. The number of quaternary nitrogens is 1. The molecule has 8 nitrogen and oxygen atoms in total. The van der Waals surface area contributed by atoms with Crippen LogP contribution in [-0.2, 0) is 0 Å². The molecule has 4 atom stereocenters. The average molecular weight is 280 g/mol. The summed E-state index contributed by atoms with van der Waals surface area (Å²) in [4.78, 5) is 26.7. The standard InChI is InChI=1S/C9H13N3O5.ClH/c13-2-4-6(14)7(15)5(11-4)3-1-10-9(17)12-8(3)16;/h1,4-7,11,13-15H,2H2,(H2,10,12,16,17);1H/t4-,5+,6-,7+;/m1./s1. The Morgan fingerprint density at radius 3 is 2.44 bits per heavy atom. The number of hydrogen-bond acceptors (Lipinski definition) is 5. The normalized spacial score (nSPS) is 31.1. The Balaban J connectivity index is 0.00000162. The molecule has 0 unspecified atom stereocenters. The molecule has 0 aliphatic carbocycles. The SMILES string of the molecule is O=c1[nH]cc([C@@H]2[NH2+][C@H](CO)[C@@H](O)[C@H]2O)c(=O)[nH]1.[Cl-]. The molecule has 1 aromatic heterocycles. The van der Waals surface area contributed by atoms with E-state index in [2.05, 4.69) is 4.98 Å². The summed E-state index contributed by atoms with van der Waals surface area (Å²) in [5.74, 6) is 0. The summed E-state index contributed by atoms with van der Waals surface area (Å²) in [7, 11) is 0. The van der Waals surface area contributed by atoms with Gasteiger partial charge in [-0.15, -0.1) is 0 Å². The number of halogens is 1. The van der Waals surface area contributed by atoms with E-state index in [1.807, 2.05) is 4.98 Å². The van der Waals surface area contributed by atoms with Crippen LogP contribution in [0.1, 0.15) is 11.6 Å². The van der Waals surface area contributed by atoms with Crippen molar-refractivity contribution in [3.05, 3.63) is 32.6 Å². The van der Waals surface area contributed by atoms with Crippen LogP contribution in [0.3, 0.4) is 0 Å². The van der Waals surface area contributed by atoms with Gasteiger partial charge < -0.3 is 38.0 Å². The summed E-state index contributed by atoms with van der Waals surface area (Å²) < 4.78 is 0. The molecule has 102 valence electrons. The number of aliphatic hydroxyl groups is 3. The highest BCUT2D eigenvalue weighted by Crippen LogP contribution is 2.17. The van der Waals surface area contributed by atoms with Gasteiger partial charge in [0.25, 0.3) is 5.56 Å². The van der Waals surface area contributed by atoms with Gasteiger partial charge in [-0.2, -0.15) is 0 Å². The fraction of sp³-hybridized carbons (Fsp3) is 0.556. The van der Waals surface area contributed by atoms with E-state index in [4.69, 9.17) is 5.11 Å². The number of aromatic nitrogens is 2. The fourth-order valence-electron chi connectivity index (χ4n) is 2.08. The summed E-state index contributed by atoms with van der Waals surface area (Å²) in [6, 6.07) is -1.29. The van der Waals surface area contributed by atoms with E-state index >= 15 is 0 Å². The number of nitrogens with two attached hydrogens (primary N) is 1. The van der Waals surface area contributed by atoms with Gasteiger partial charge in [-0.05, 0) is 0 Å². The van der Waals surface area contributed by atoms with Gasteiger partial charge in [-0.25, -0.2) is 4.79 Å². The lowest BCUT2D eigenvalue weighted by Crippen LogP contribution is -3.00. The maximum absolute atomic E-state index is 11.5. The van der Waals surface area contributed by atoms with Crippen molar-refractivity contribution >= 4 is 0 Å². The van der Waals surface area contributed by atoms with Crippen LogP contribution in [0.25, 0.3) is 0 Å². The third-order valence-corrected chi connectivity index (χ3v) is 3.03. The van der Waals surface area contributed by atoms with Crippen molar-refractivity contribution in [2.24, 2.45) is 0 Å². The molecule has 1 saturated heterocycles. The third-order valence-electron chi connectivity index (χ3n) is 3.03. The molecule has 0 spiro atoms. The molecule has 1 fully saturated rings. The molecule has 2 heterocycles. The Morgan fingerprint density at radius 1 is 1.28 bits per heavy atom. The Bertz CT molecular complexity index is 515. The van der Waals surface area contributed by atoms with E-state index < -0.39 is 35.5 Å². The van der Waals surface area contributed by atoms with Gasteiger partial charge in [-0.1, -0.05) is 0 Å². The van der Waals surface area contributed by atoms with Gasteiger partial charge in [-0.3, -0.25) is 9.78 Å². The van der Waals surface area contributed by atoms with Crippen molar-refractivity contribution < 1.29 is 33.0 Å². The van der Waals surface area contributed by atoms with Gasteiger partial charge >= 0.3 is 5.69 Å². The molecule has 2 rings (SSSR count). The Labute approximate surface area is 107 Å². The molecular weight excluding hydrogens is 266 g/mol. The highest BCUT2D eigenvalue weighted by Gasteiger charge is 2.46. The average Bonchev–Trinajstić information content (AvgIpc) is 2.57. The Kier molecular flexibility index (Phi) is 4.65. The first-order chi connectivity index (χ1) is 8.04. The first-order valence-electron chi connectivity index (χ1n) is 5.18. The van der Waals surface area contributed by atoms with Gasteiger partial charge in [0.1, 0.15) is 24.3 Å². The topological polar surface area (TPSA) is 143 Å². The molecule has 1 aromatic rings. The molecule has 9 heteroatoms. The maximum Gasteiger partial charge on any atom is 0.325 e. The minimum absolute atomic E-state index is 0. The number of aromatic amines is 2. The van der Waals surface area contributed by atoms with E-state index in [1.165, 1.54) is 11.5 Å². The monoisotopic (exact) mass is 279 g/mol. The molecular formula is C9H14ClN3O5. The summed E-state index contributed by atoms with van der Waals surface area (Å²) in [5.41, 5.74) is -1.09. The Hall–Kier alpha value is -1.19. The van der Waals surface area contributed by atoms with E-state index in [9.17, 15) is 19.8 Å². The number of hydrogen-bond donors (Lipinski definition) is 6. The second-order valence-electron chi connectivity index (χ2n) is 4.07.